The van der Waals surface area contributed by atoms with Gasteiger partial charge >= 0.3 is 5.97 Å². The van der Waals surface area contributed by atoms with Gasteiger partial charge in [0.2, 0.25) is 0 Å². The molecule has 5 nitrogen and oxygen atoms in total. The normalized spacial score (nSPS) is 11.8. The summed E-state index contributed by atoms with van der Waals surface area (Å²) < 4.78 is 10.4. The minimum Gasteiger partial charge on any atom is -0.496 e. The SMILES string of the molecule is COc1ccc(C(=O)C(C)CC(=O)O)c(OC)c1C. The molecule has 0 spiro atoms. The van der Waals surface area contributed by atoms with Gasteiger partial charge in [0.1, 0.15) is 11.5 Å². The first kappa shape index (κ1) is 15.0. The Kier molecular flexibility index (Phi) is 4.92. The fraction of sp³-hybridized carbons (Fsp3) is 0.429. The number of carboxylic acid groups (broad SMARTS) is 1. The lowest BCUT2D eigenvalue weighted by Gasteiger charge is -2.15. The maximum Gasteiger partial charge on any atom is 0.304 e. The Labute approximate surface area is 112 Å². The van der Waals surface area contributed by atoms with Gasteiger partial charge in [-0.1, -0.05) is 6.92 Å². The first-order valence-electron chi connectivity index (χ1n) is 5.90. The molecule has 0 radical (unpaired) electrons. The highest BCUT2D eigenvalue weighted by atomic mass is 16.5. The molecule has 104 valence electrons. The zero-order valence-corrected chi connectivity index (χ0v) is 11.5. The molecule has 0 aliphatic heterocycles. The van der Waals surface area contributed by atoms with Gasteiger partial charge in [0.05, 0.1) is 26.2 Å². The van der Waals surface area contributed by atoms with Gasteiger partial charge in [0.25, 0.3) is 0 Å². The third-order valence-corrected chi connectivity index (χ3v) is 2.97. The molecule has 0 fully saturated rings. The molecule has 1 rings (SSSR count). The van der Waals surface area contributed by atoms with E-state index in [-0.39, 0.29) is 12.2 Å². The van der Waals surface area contributed by atoms with Crippen LogP contribution in [0.15, 0.2) is 12.1 Å². The maximum absolute atomic E-state index is 12.2. The first-order valence-corrected chi connectivity index (χ1v) is 5.90. The molecular formula is C14H18O5. The number of carbonyl (C=O) groups is 2. The van der Waals surface area contributed by atoms with E-state index in [0.29, 0.717) is 17.1 Å². The standard InChI is InChI=1S/C14H18O5/c1-8(7-12(15)16)13(17)10-5-6-11(18-3)9(2)14(10)19-4/h5-6,8H,7H2,1-4H3,(H,15,16). The molecule has 0 amide bonds. The van der Waals surface area contributed by atoms with Crippen molar-refractivity contribution in [2.45, 2.75) is 20.3 Å². The van der Waals surface area contributed by atoms with Crippen LogP contribution in [0.3, 0.4) is 0 Å². The molecule has 1 N–H and O–H groups in total. The van der Waals surface area contributed by atoms with Crippen LogP contribution < -0.4 is 9.47 Å². The summed E-state index contributed by atoms with van der Waals surface area (Å²) in [5.74, 6) is -0.782. The molecule has 0 saturated heterocycles. The molecular weight excluding hydrogens is 248 g/mol. The summed E-state index contributed by atoms with van der Waals surface area (Å²) in [6.07, 6.45) is -0.201. The Balaban J connectivity index is 3.16. The highest BCUT2D eigenvalue weighted by Gasteiger charge is 2.23. The highest BCUT2D eigenvalue weighted by molar-refractivity contribution is 6.02. The van der Waals surface area contributed by atoms with E-state index < -0.39 is 11.9 Å². The van der Waals surface area contributed by atoms with Crippen molar-refractivity contribution in [3.05, 3.63) is 23.3 Å². The van der Waals surface area contributed by atoms with Crippen LogP contribution in [0.1, 0.15) is 29.3 Å². The van der Waals surface area contributed by atoms with Gasteiger partial charge in [-0.3, -0.25) is 9.59 Å². The molecule has 1 aromatic rings. The molecule has 1 unspecified atom stereocenters. The number of Topliss-reactive ketones (excluding diaryl/α,β-unsaturated/α-hetero) is 1. The molecule has 1 atom stereocenters. The van der Waals surface area contributed by atoms with Crippen LogP contribution in [-0.2, 0) is 4.79 Å². The predicted molar refractivity (Wildman–Crippen MR) is 70.0 cm³/mol. The summed E-state index contributed by atoms with van der Waals surface area (Å²) in [6.45, 7) is 3.38. The number of methoxy groups -OCH3 is 2. The third-order valence-electron chi connectivity index (χ3n) is 2.97. The lowest BCUT2D eigenvalue weighted by molar-refractivity contribution is -0.137. The molecule has 1 aromatic carbocycles. The van der Waals surface area contributed by atoms with Crippen molar-refractivity contribution < 1.29 is 24.2 Å². The van der Waals surface area contributed by atoms with E-state index in [1.807, 2.05) is 0 Å². The topological polar surface area (TPSA) is 72.8 Å². The maximum atomic E-state index is 12.2. The lowest BCUT2D eigenvalue weighted by Crippen LogP contribution is -2.16. The Hall–Kier alpha value is -2.04. The van der Waals surface area contributed by atoms with E-state index >= 15 is 0 Å². The molecule has 0 bridgehead atoms. The van der Waals surface area contributed by atoms with Crippen molar-refractivity contribution in [2.75, 3.05) is 14.2 Å². The summed E-state index contributed by atoms with van der Waals surface area (Å²) in [5, 5.41) is 8.74. The second-order valence-corrected chi connectivity index (χ2v) is 4.34. The Morgan fingerprint density at radius 1 is 1.26 bits per heavy atom. The number of ketones is 1. The van der Waals surface area contributed by atoms with Crippen LogP contribution in [0.25, 0.3) is 0 Å². The Bertz CT molecular complexity index is 493. The second kappa shape index (κ2) is 6.22. The van der Waals surface area contributed by atoms with Crippen molar-refractivity contribution in [3.63, 3.8) is 0 Å². The number of benzene rings is 1. The summed E-state index contributed by atoms with van der Waals surface area (Å²) in [4.78, 5) is 22.9. The Morgan fingerprint density at radius 3 is 2.37 bits per heavy atom. The van der Waals surface area contributed by atoms with Gasteiger partial charge < -0.3 is 14.6 Å². The monoisotopic (exact) mass is 266 g/mol. The number of hydrogen-bond donors (Lipinski definition) is 1. The zero-order chi connectivity index (χ0) is 14.6. The second-order valence-electron chi connectivity index (χ2n) is 4.34. The molecule has 0 aromatic heterocycles. The van der Waals surface area contributed by atoms with E-state index in [0.717, 1.165) is 5.56 Å². The van der Waals surface area contributed by atoms with Crippen molar-refractivity contribution >= 4 is 11.8 Å². The van der Waals surface area contributed by atoms with E-state index in [4.69, 9.17) is 14.6 Å². The first-order chi connectivity index (χ1) is 8.92. The van der Waals surface area contributed by atoms with Gasteiger partial charge in [0.15, 0.2) is 5.78 Å². The Morgan fingerprint density at radius 2 is 1.89 bits per heavy atom. The lowest BCUT2D eigenvalue weighted by atomic mass is 9.94. The van der Waals surface area contributed by atoms with E-state index in [9.17, 15) is 9.59 Å². The van der Waals surface area contributed by atoms with Gasteiger partial charge in [-0.25, -0.2) is 0 Å². The number of rotatable bonds is 6. The van der Waals surface area contributed by atoms with E-state index in [2.05, 4.69) is 0 Å². The van der Waals surface area contributed by atoms with Crippen molar-refractivity contribution in [1.29, 1.82) is 0 Å². The van der Waals surface area contributed by atoms with Gasteiger partial charge in [0, 0.05) is 11.5 Å². The summed E-state index contributed by atoms with van der Waals surface area (Å²) in [5.41, 5.74) is 1.10. The number of carboxylic acids is 1. The molecule has 0 heterocycles. The largest absolute Gasteiger partial charge is 0.496 e. The van der Waals surface area contributed by atoms with Crippen LogP contribution in [0.2, 0.25) is 0 Å². The van der Waals surface area contributed by atoms with E-state index in [1.165, 1.54) is 14.2 Å². The van der Waals surface area contributed by atoms with Crippen LogP contribution in [0.5, 0.6) is 11.5 Å². The van der Waals surface area contributed by atoms with Gasteiger partial charge in [-0.05, 0) is 19.1 Å². The molecule has 0 aliphatic rings. The molecule has 0 aliphatic carbocycles. The van der Waals surface area contributed by atoms with Crippen LogP contribution in [0.4, 0.5) is 0 Å². The van der Waals surface area contributed by atoms with Gasteiger partial charge in [-0.2, -0.15) is 0 Å². The average Bonchev–Trinajstić information content (AvgIpc) is 2.36. The number of hydrogen-bond acceptors (Lipinski definition) is 4. The summed E-state index contributed by atoms with van der Waals surface area (Å²) in [6, 6.07) is 3.28. The minimum absolute atomic E-state index is 0.201. The fourth-order valence-electron chi connectivity index (χ4n) is 1.97. The minimum atomic E-state index is -0.995. The van der Waals surface area contributed by atoms with Crippen molar-refractivity contribution in [3.8, 4) is 11.5 Å². The van der Waals surface area contributed by atoms with Gasteiger partial charge in [-0.15, -0.1) is 0 Å². The smallest absolute Gasteiger partial charge is 0.304 e. The number of carbonyl (C=O) groups excluding carboxylic acids is 1. The molecule has 5 heteroatoms. The molecule has 0 saturated carbocycles. The zero-order valence-electron chi connectivity index (χ0n) is 11.5. The number of aliphatic carboxylic acids is 1. The predicted octanol–water partition coefficient (Wildman–Crippen LogP) is 2.31. The van der Waals surface area contributed by atoms with E-state index in [1.54, 1.807) is 26.0 Å². The van der Waals surface area contributed by atoms with Crippen LogP contribution in [0, 0.1) is 12.8 Å². The van der Waals surface area contributed by atoms with Crippen LogP contribution in [-0.4, -0.2) is 31.1 Å². The summed E-state index contributed by atoms with van der Waals surface area (Å²) in [7, 11) is 3.01. The highest BCUT2D eigenvalue weighted by Crippen LogP contribution is 2.32. The third kappa shape index (κ3) is 3.24. The average molecular weight is 266 g/mol. The molecule has 19 heavy (non-hydrogen) atoms. The van der Waals surface area contributed by atoms with Crippen LogP contribution >= 0.6 is 0 Å². The summed E-state index contributed by atoms with van der Waals surface area (Å²) >= 11 is 0. The van der Waals surface area contributed by atoms with Crippen molar-refractivity contribution in [2.24, 2.45) is 5.92 Å². The fourth-order valence-corrected chi connectivity index (χ4v) is 1.97. The van der Waals surface area contributed by atoms with Crippen molar-refractivity contribution in [1.82, 2.24) is 0 Å². The number of ether oxygens (including phenoxy) is 2. The quantitative estimate of drug-likeness (QED) is 0.800.